The first kappa shape index (κ1) is 19.0. The maximum absolute atomic E-state index is 13.1. The highest BCUT2D eigenvalue weighted by Crippen LogP contribution is 2.55. The quantitative estimate of drug-likeness (QED) is 0.729. The molecule has 1 heterocycles. The molecular weight excluding hydrogens is 344 g/mol. The topological polar surface area (TPSA) is 61.8 Å². The highest BCUT2D eigenvalue weighted by Gasteiger charge is 2.65. The van der Waals surface area contributed by atoms with Gasteiger partial charge in [0.25, 0.3) is 0 Å². The molecule has 0 spiro atoms. The van der Waals surface area contributed by atoms with Gasteiger partial charge in [0.1, 0.15) is 11.2 Å². The summed E-state index contributed by atoms with van der Waals surface area (Å²) in [6.07, 6.45) is 0.778. The van der Waals surface area contributed by atoms with Crippen molar-refractivity contribution in [3.05, 3.63) is 65.7 Å². The summed E-state index contributed by atoms with van der Waals surface area (Å²) in [4.78, 5) is 25.5. The second-order valence-electron chi connectivity index (χ2n) is 6.80. The van der Waals surface area contributed by atoms with Gasteiger partial charge in [-0.1, -0.05) is 49.4 Å². The molecule has 0 aliphatic carbocycles. The third-order valence-corrected chi connectivity index (χ3v) is 5.49. The Morgan fingerprint density at radius 2 is 1.74 bits per heavy atom. The summed E-state index contributed by atoms with van der Waals surface area (Å²) in [6.45, 7) is 1.93. The van der Waals surface area contributed by atoms with Crippen LogP contribution >= 0.6 is 0 Å². The Labute approximate surface area is 159 Å². The molecule has 0 aromatic heterocycles. The third kappa shape index (κ3) is 3.07. The average molecular weight is 368 g/mol. The van der Waals surface area contributed by atoms with Gasteiger partial charge >= 0.3 is 11.9 Å². The monoisotopic (exact) mass is 368 g/mol. The van der Waals surface area contributed by atoms with Crippen molar-refractivity contribution in [1.82, 2.24) is 0 Å². The van der Waals surface area contributed by atoms with Crippen LogP contribution in [0.5, 0.6) is 5.75 Å². The van der Waals surface area contributed by atoms with E-state index < -0.39 is 17.0 Å². The number of rotatable bonds is 6. The molecule has 27 heavy (non-hydrogen) atoms. The second kappa shape index (κ2) is 7.43. The van der Waals surface area contributed by atoms with E-state index in [2.05, 4.69) is 0 Å². The second-order valence-corrected chi connectivity index (χ2v) is 6.80. The summed E-state index contributed by atoms with van der Waals surface area (Å²) in [5.41, 5.74) is -0.493. The van der Waals surface area contributed by atoms with Crippen LogP contribution < -0.4 is 4.74 Å². The van der Waals surface area contributed by atoms with Crippen LogP contribution in [-0.4, -0.2) is 26.2 Å². The van der Waals surface area contributed by atoms with Crippen LogP contribution in [0.25, 0.3) is 0 Å². The lowest BCUT2D eigenvalue weighted by Crippen LogP contribution is -2.50. The predicted octanol–water partition coefficient (Wildman–Crippen LogP) is 3.65. The summed E-state index contributed by atoms with van der Waals surface area (Å²) in [5.74, 6) is -0.0936. The van der Waals surface area contributed by atoms with Gasteiger partial charge in [0.15, 0.2) is 5.60 Å². The standard InChI is InChI=1S/C22H24O5/c1-4-22(17-8-6-5-7-9-17)21(20(24)26-3,15-19(23)27-22)14-16-10-12-18(25-2)13-11-16/h5-13H,4,14-15H2,1-3H3. The Bertz CT molecular complexity index is 814. The lowest BCUT2D eigenvalue weighted by Gasteiger charge is -2.41. The van der Waals surface area contributed by atoms with E-state index in [4.69, 9.17) is 14.2 Å². The van der Waals surface area contributed by atoms with Crippen molar-refractivity contribution in [2.45, 2.75) is 31.8 Å². The molecule has 0 saturated carbocycles. The molecule has 0 N–H and O–H groups in total. The van der Waals surface area contributed by atoms with Crippen LogP contribution in [-0.2, 0) is 31.1 Å². The number of benzene rings is 2. The van der Waals surface area contributed by atoms with E-state index in [-0.39, 0.29) is 12.4 Å². The highest BCUT2D eigenvalue weighted by molar-refractivity contribution is 5.89. The lowest BCUT2D eigenvalue weighted by atomic mass is 9.63. The first-order chi connectivity index (χ1) is 13.0. The van der Waals surface area contributed by atoms with E-state index in [0.29, 0.717) is 12.8 Å². The minimum Gasteiger partial charge on any atom is -0.497 e. The zero-order chi connectivity index (χ0) is 19.5. The van der Waals surface area contributed by atoms with Gasteiger partial charge in [0.05, 0.1) is 20.6 Å². The zero-order valence-electron chi connectivity index (χ0n) is 15.9. The Kier molecular flexibility index (Phi) is 5.22. The lowest BCUT2D eigenvalue weighted by molar-refractivity contribution is -0.171. The van der Waals surface area contributed by atoms with Gasteiger partial charge in [-0.05, 0) is 36.1 Å². The molecule has 2 atom stereocenters. The van der Waals surface area contributed by atoms with Crippen LogP contribution in [0.15, 0.2) is 54.6 Å². The molecule has 0 amide bonds. The maximum atomic E-state index is 13.1. The molecule has 1 aliphatic rings. The van der Waals surface area contributed by atoms with Gasteiger partial charge in [-0.3, -0.25) is 9.59 Å². The summed E-state index contributed by atoms with van der Waals surface area (Å²) < 4.78 is 16.3. The number of cyclic esters (lactones) is 1. The molecular formula is C22H24O5. The molecule has 1 aliphatic heterocycles. The number of carbonyl (C=O) groups is 2. The summed E-state index contributed by atoms with van der Waals surface area (Å²) in [7, 11) is 2.96. The molecule has 2 aromatic rings. The predicted molar refractivity (Wildman–Crippen MR) is 100 cm³/mol. The summed E-state index contributed by atoms with van der Waals surface area (Å²) >= 11 is 0. The largest absolute Gasteiger partial charge is 0.497 e. The minimum atomic E-state index is -1.14. The molecule has 0 bridgehead atoms. The van der Waals surface area contributed by atoms with Crippen molar-refractivity contribution >= 4 is 11.9 Å². The van der Waals surface area contributed by atoms with Crippen molar-refractivity contribution in [3.63, 3.8) is 0 Å². The average Bonchev–Trinajstić information content (AvgIpc) is 3.01. The molecule has 0 radical (unpaired) electrons. The van der Waals surface area contributed by atoms with Gasteiger partial charge in [0, 0.05) is 0 Å². The van der Waals surface area contributed by atoms with E-state index in [0.717, 1.165) is 16.9 Å². The van der Waals surface area contributed by atoms with Crippen molar-refractivity contribution in [3.8, 4) is 5.75 Å². The number of carbonyl (C=O) groups excluding carboxylic acids is 2. The Balaban J connectivity index is 2.14. The molecule has 142 valence electrons. The van der Waals surface area contributed by atoms with Gasteiger partial charge in [-0.25, -0.2) is 0 Å². The van der Waals surface area contributed by atoms with Gasteiger partial charge in [0.2, 0.25) is 0 Å². The van der Waals surface area contributed by atoms with Gasteiger partial charge in [-0.15, -0.1) is 0 Å². The number of ether oxygens (including phenoxy) is 3. The highest BCUT2D eigenvalue weighted by atomic mass is 16.6. The molecule has 5 heteroatoms. The Morgan fingerprint density at radius 1 is 1.07 bits per heavy atom. The van der Waals surface area contributed by atoms with E-state index in [1.165, 1.54) is 7.11 Å². The Morgan fingerprint density at radius 3 is 2.30 bits per heavy atom. The molecule has 3 rings (SSSR count). The smallest absolute Gasteiger partial charge is 0.317 e. The number of methoxy groups -OCH3 is 2. The first-order valence-electron chi connectivity index (χ1n) is 9.00. The van der Waals surface area contributed by atoms with Crippen LogP contribution in [0.4, 0.5) is 0 Å². The number of hydrogen-bond acceptors (Lipinski definition) is 5. The molecule has 2 unspecified atom stereocenters. The molecule has 5 nitrogen and oxygen atoms in total. The van der Waals surface area contributed by atoms with Crippen molar-refractivity contribution < 1.29 is 23.8 Å². The third-order valence-electron chi connectivity index (χ3n) is 5.49. The van der Waals surface area contributed by atoms with E-state index in [1.54, 1.807) is 7.11 Å². The fourth-order valence-electron chi connectivity index (χ4n) is 4.18. The Hall–Kier alpha value is -2.82. The normalized spacial score (nSPS) is 24.3. The van der Waals surface area contributed by atoms with Crippen LogP contribution in [0.1, 0.15) is 30.9 Å². The van der Waals surface area contributed by atoms with E-state index in [9.17, 15) is 9.59 Å². The van der Waals surface area contributed by atoms with Crippen molar-refractivity contribution in [2.75, 3.05) is 14.2 Å². The molecule has 1 saturated heterocycles. The first-order valence-corrected chi connectivity index (χ1v) is 9.00. The van der Waals surface area contributed by atoms with Crippen molar-refractivity contribution in [2.24, 2.45) is 5.41 Å². The van der Waals surface area contributed by atoms with Crippen LogP contribution in [0.3, 0.4) is 0 Å². The summed E-state index contributed by atoms with van der Waals surface area (Å²) in [5, 5.41) is 0. The molecule has 2 aromatic carbocycles. The van der Waals surface area contributed by atoms with Crippen molar-refractivity contribution in [1.29, 1.82) is 0 Å². The van der Waals surface area contributed by atoms with Crippen LogP contribution in [0.2, 0.25) is 0 Å². The minimum absolute atomic E-state index is 0.0194. The SMILES string of the molecule is CCC1(c2ccccc2)OC(=O)CC1(Cc1ccc(OC)cc1)C(=O)OC. The van der Waals surface area contributed by atoms with Gasteiger partial charge in [-0.2, -0.15) is 0 Å². The fourth-order valence-corrected chi connectivity index (χ4v) is 4.18. The fraction of sp³-hybridized carbons (Fsp3) is 0.364. The summed E-state index contributed by atoms with van der Waals surface area (Å²) in [6, 6.07) is 16.9. The zero-order valence-corrected chi connectivity index (χ0v) is 15.9. The van der Waals surface area contributed by atoms with E-state index >= 15 is 0 Å². The van der Waals surface area contributed by atoms with Crippen LogP contribution in [0, 0.1) is 5.41 Å². The van der Waals surface area contributed by atoms with E-state index in [1.807, 2.05) is 61.5 Å². The molecule has 1 fully saturated rings. The number of hydrogen-bond donors (Lipinski definition) is 0. The number of esters is 2. The van der Waals surface area contributed by atoms with Gasteiger partial charge < -0.3 is 14.2 Å². The maximum Gasteiger partial charge on any atom is 0.317 e.